The second-order valence-electron chi connectivity index (χ2n) is 7.93. The molecule has 27 heavy (non-hydrogen) atoms. The van der Waals surface area contributed by atoms with Gasteiger partial charge in [-0.1, -0.05) is 6.07 Å². The molecule has 1 N–H and O–H groups in total. The first-order chi connectivity index (χ1) is 12.8. The molecule has 0 saturated carbocycles. The van der Waals surface area contributed by atoms with E-state index in [9.17, 15) is 4.79 Å². The summed E-state index contributed by atoms with van der Waals surface area (Å²) in [6.45, 7) is 11.9. The van der Waals surface area contributed by atoms with Gasteiger partial charge in [0.2, 0.25) is 0 Å². The molecule has 0 aromatic carbocycles. The van der Waals surface area contributed by atoms with Gasteiger partial charge in [-0.05, 0) is 57.9 Å². The van der Waals surface area contributed by atoms with E-state index in [0.717, 1.165) is 45.0 Å². The molecule has 2 heterocycles. The van der Waals surface area contributed by atoms with Crippen molar-refractivity contribution in [2.75, 3.05) is 33.2 Å². The van der Waals surface area contributed by atoms with E-state index in [2.05, 4.69) is 32.7 Å². The Balaban J connectivity index is 1.80. The van der Waals surface area contributed by atoms with Gasteiger partial charge in [0, 0.05) is 38.1 Å². The molecule has 1 aliphatic rings. The van der Waals surface area contributed by atoms with Gasteiger partial charge in [-0.3, -0.25) is 4.99 Å². The predicted molar refractivity (Wildman–Crippen MR) is 112 cm³/mol. The molecule has 0 spiro atoms. The molecule has 6 nitrogen and oxygen atoms in total. The maximum absolute atomic E-state index is 12.3. The highest BCUT2D eigenvalue weighted by atomic mass is 32.1. The van der Waals surface area contributed by atoms with Gasteiger partial charge >= 0.3 is 6.09 Å². The minimum Gasteiger partial charge on any atom is -0.444 e. The van der Waals surface area contributed by atoms with E-state index in [1.807, 2.05) is 39.6 Å². The van der Waals surface area contributed by atoms with Crippen LogP contribution >= 0.6 is 11.3 Å². The zero-order valence-electron chi connectivity index (χ0n) is 17.3. The number of piperidine rings is 1. The van der Waals surface area contributed by atoms with Gasteiger partial charge in [0.1, 0.15) is 5.60 Å². The lowest BCUT2D eigenvalue weighted by Crippen LogP contribution is -2.47. The van der Waals surface area contributed by atoms with Crippen molar-refractivity contribution in [3.8, 4) is 0 Å². The summed E-state index contributed by atoms with van der Waals surface area (Å²) in [4.78, 5) is 22.2. The normalized spacial score (nSPS) is 16.3. The molecule has 1 aromatic heterocycles. The molecule has 0 aliphatic carbocycles. The molecule has 1 fully saturated rings. The summed E-state index contributed by atoms with van der Waals surface area (Å²) in [5.74, 6) is 1.46. The minimum atomic E-state index is -0.450. The predicted octanol–water partition coefficient (Wildman–Crippen LogP) is 3.79. The number of ether oxygens (including phenoxy) is 1. The summed E-state index contributed by atoms with van der Waals surface area (Å²) >= 11 is 1.75. The Bertz CT molecular complexity index is 602. The van der Waals surface area contributed by atoms with Crippen molar-refractivity contribution in [1.29, 1.82) is 0 Å². The van der Waals surface area contributed by atoms with E-state index in [0.29, 0.717) is 12.5 Å². The number of thiophene rings is 1. The van der Waals surface area contributed by atoms with E-state index in [4.69, 9.17) is 4.74 Å². The Morgan fingerprint density at radius 2 is 2.11 bits per heavy atom. The summed E-state index contributed by atoms with van der Waals surface area (Å²) in [6.07, 6.45) is 1.90. The van der Waals surface area contributed by atoms with Crippen LogP contribution in [-0.4, -0.2) is 60.7 Å². The average Bonchev–Trinajstić information content (AvgIpc) is 3.13. The van der Waals surface area contributed by atoms with E-state index < -0.39 is 5.60 Å². The average molecular weight is 395 g/mol. The molecular formula is C20H34N4O2S. The van der Waals surface area contributed by atoms with Gasteiger partial charge in [0.25, 0.3) is 0 Å². The molecule has 0 radical (unpaired) electrons. The van der Waals surface area contributed by atoms with Gasteiger partial charge in [-0.2, -0.15) is 0 Å². The second kappa shape index (κ2) is 9.97. The van der Waals surface area contributed by atoms with Gasteiger partial charge in [0.15, 0.2) is 5.96 Å². The zero-order chi connectivity index (χ0) is 19.9. The maximum atomic E-state index is 12.3. The van der Waals surface area contributed by atoms with Crippen LogP contribution in [0.25, 0.3) is 0 Å². The van der Waals surface area contributed by atoms with E-state index in [-0.39, 0.29) is 6.09 Å². The third-order valence-corrected chi connectivity index (χ3v) is 5.52. The molecule has 0 atom stereocenters. The van der Waals surface area contributed by atoms with Crippen LogP contribution in [0.15, 0.2) is 22.5 Å². The van der Waals surface area contributed by atoms with Crippen LogP contribution in [0.2, 0.25) is 0 Å². The first-order valence-corrected chi connectivity index (χ1v) is 10.7. The molecule has 0 unspecified atom stereocenters. The van der Waals surface area contributed by atoms with Gasteiger partial charge < -0.3 is 19.9 Å². The van der Waals surface area contributed by atoms with Crippen LogP contribution in [0, 0.1) is 5.92 Å². The van der Waals surface area contributed by atoms with Crippen molar-refractivity contribution in [3.63, 3.8) is 0 Å². The van der Waals surface area contributed by atoms with Crippen LogP contribution in [0.1, 0.15) is 45.4 Å². The Hall–Kier alpha value is -1.76. The molecular weight excluding hydrogens is 360 g/mol. The summed E-state index contributed by atoms with van der Waals surface area (Å²) in [5.41, 5.74) is -0.450. The van der Waals surface area contributed by atoms with Gasteiger partial charge in [-0.15, -0.1) is 11.3 Å². The lowest BCUT2D eigenvalue weighted by molar-refractivity contribution is 0.0214. The van der Waals surface area contributed by atoms with Gasteiger partial charge in [-0.25, -0.2) is 4.79 Å². The lowest BCUT2D eigenvalue weighted by atomic mass is 9.96. The number of amides is 1. The molecule has 1 aromatic rings. The Morgan fingerprint density at radius 1 is 1.41 bits per heavy atom. The molecule has 1 aliphatic heterocycles. The second-order valence-corrected chi connectivity index (χ2v) is 8.96. The highest BCUT2D eigenvalue weighted by molar-refractivity contribution is 7.09. The number of rotatable bonds is 5. The first-order valence-electron chi connectivity index (χ1n) is 9.78. The van der Waals surface area contributed by atoms with Crippen molar-refractivity contribution < 1.29 is 9.53 Å². The minimum absolute atomic E-state index is 0.208. The van der Waals surface area contributed by atoms with Crippen LogP contribution in [-0.2, 0) is 11.3 Å². The summed E-state index contributed by atoms with van der Waals surface area (Å²) < 4.78 is 5.52. The van der Waals surface area contributed by atoms with Crippen molar-refractivity contribution in [3.05, 3.63) is 22.4 Å². The van der Waals surface area contributed by atoms with Gasteiger partial charge in [0.05, 0.1) is 6.54 Å². The SMILES string of the molecule is CCN(CC1CCN(C(=NC)NCc2cccs2)CC1)C(=O)OC(C)(C)C. The maximum Gasteiger partial charge on any atom is 0.410 e. The van der Waals surface area contributed by atoms with Crippen molar-refractivity contribution >= 4 is 23.4 Å². The van der Waals surface area contributed by atoms with Crippen molar-refractivity contribution in [2.45, 2.75) is 52.7 Å². The number of hydrogen-bond acceptors (Lipinski definition) is 4. The zero-order valence-corrected chi connectivity index (χ0v) is 18.1. The molecule has 7 heteroatoms. The van der Waals surface area contributed by atoms with Crippen molar-refractivity contribution in [2.24, 2.45) is 10.9 Å². The lowest BCUT2D eigenvalue weighted by Gasteiger charge is -2.36. The fourth-order valence-corrected chi connectivity index (χ4v) is 3.85. The van der Waals surface area contributed by atoms with Crippen molar-refractivity contribution in [1.82, 2.24) is 15.1 Å². The monoisotopic (exact) mass is 394 g/mol. The number of hydrogen-bond donors (Lipinski definition) is 1. The van der Waals surface area contributed by atoms with Crippen LogP contribution in [0.4, 0.5) is 4.79 Å². The van der Waals surface area contributed by atoms with E-state index in [1.54, 1.807) is 11.3 Å². The topological polar surface area (TPSA) is 57.2 Å². The van der Waals surface area contributed by atoms with E-state index in [1.165, 1.54) is 4.88 Å². The molecule has 1 saturated heterocycles. The highest BCUT2D eigenvalue weighted by Gasteiger charge is 2.27. The number of carbonyl (C=O) groups excluding carboxylic acids is 1. The molecule has 0 bridgehead atoms. The first kappa shape index (κ1) is 21.5. The Kier molecular flexibility index (Phi) is 7.95. The van der Waals surface area contributed by atoms with Crippen LogP contribution in [0.5, 0.6) is 0 Å². The number of aliphatic imine (C=N–C) groups is 1. The molecule has 1 amide bonds. The standard InChI is InChI=1S/C20H34N4O2S/c1-6-23(19(25)26-20(2,3)4)15-16-9-11-24(12-10-16)18(21-5)22-14-17-8-7-13-27-17/h7-8,13,16H,6,9-12,14-15H2,1-5H3,(H,21,22). The van der Waals surface area contributed by atoms with E-state index >= 15 is 0 Å². The Morgan fingerprint density at radius 3 is 2.63 bits per heavy atom. The fraction of sp³-hybridized carbons (Fsp3) is 0.700. The molecule has 2 rings (SSSR count). The largest absolute Gasteiger partial charge is 0.444 e. The summed E-state index contributed by atoms with van der Waals surface area (Å²) in [7, 11) is 1.84. The number of nitrogens with one attached hydrogen (secondary N) is 1. The molecule has 152 valence electrons. The number of likely N-dealkylation sites (tertiary alicyclic amines) is 1. The third-order valence-electron chi connectivity index (χ3n) is 4.64. The smallest absolute Gasteiger partial charge is 0.410 e. The highest BCUT2D eigenvalue weighted by Crippen LogP contribution is 2.20. The van der Waals surface area contributed by atoms with Crippen LogP contribution < -0.4 is 5.32 Å². The van der Waals surface area contributed by atoms with Crippen LogP contribution in [0.3, 0.4) is 0 Å². The Labute approximate surface area is 167 Å². The number of carbonyl (C=O) groups is 1. The fourth-order valence-electron chi connectivity index (χ4n) is 3.21. The third kappa shape index (κ3) is 7.05. The summed E-state index contributed by atoms with van der Waals surface area (Å²) in [5, 5.41) is 5.55. The number of nitrogens with zero attached hydrogens (tertiary/aromatic N) is 3. The summed E-state index contributed by atoms with van der Waals surface area (Å²) in [6, 6.07) is 4.20. The quantitative estimate of drug-likeness (QED) is 0.610. The number of guanidine groups is 1.